The van der Waals surface area contributed by atoms with Gasteiger partial charge in [0.15, 0.2) is 0 Å². The number of methoxy groups -OCH3 is 1. The van der Waals surface area contributed by atoms with E-state index in [1.54, 1.807) is 7.11 Å². The number of ether oxygens (including phenoxy) is 1. The van der Waals surface area contributed by atoms with Gasteiger partial charge in [-0.3, -0.25) is 4.90 Å². The monoisotopic (exact) mass is 262 g/mol. The topological polar surface area (TPSA) is 38.5 Å². The molecule has 0 radical (unpaired) electrons. The number of hydrogen-bond donors (Lipinski definition) is 1. The summed E-state index contributed by atoms with van der Waals surface area (Å²) in [4.78, 5) is 2.47. The van der Waals surface area contributed by atoms with Crippen LogP contribution in [0.15, 0.2) is 24.3 Å². The molecule has 19 heavy (non-hydrogen) atoms. The zero-order valence-electron chi connectivity index (χ0n) is 12.2. The third-order valence-electron chi connectivity index (χ3n) is 4.59. The van der Waals surface area contributed by atoms with Crippen LogP contribution in [0.1, 0.15) is 31.2 Å². The molecule has 1 heterocycles. The van der Waals surface area contributed by atoms with Crippen molar-refractivity contribution in [3.05, 3.63) is 29.8 Å². The third kappa shape index (κ3) is 3.28. The van der Waals surface area contributed by atoms with E-state index in [2.05, 4.69) is 30.1 Å². The minimum atomic E-state index is 0.196. The largest absolute Gasteiger partial charge is 0.497 e. The number of likely N-dealkylation sites (tertiary alicyclic amines) is 1. The number of rotatable bonds is 5. The van der Waals surface area contributed by atoms with Gasteiger partial charge in [0.05, 0.1) is 7.11 Å². The predicted octanol–water partition coefficient (Wildman–Crippen LogP) is 2.44. The van der Waals surface area contributed by atoms with Crippen molar-refractivity contribution in [1.29, 1.82) is 0 Å². The van der Waals surface area contributed by atoms with Crippen molar-refractivity contribution in [3.8, 4) is 5.75 Å². The van der Waals surface area contributed by atoms with Gasteiger partial charge in [-0.2, -0.15) is 0 Å². The Morgan fingerprint density at radius 3 is 2.89 bits per heavy atom. The van der Waals surface area contributed by atoms with Crippen LogP contribution < -0.4 is 10.5 Å². The fourth-order valence-electron chi connectivity index (χ4n) is 3.11. The molecule has 3 heteroatoms. The summed E-state index contributed by atoms with van der Waals surface area (Å²) in [7, 11) is 3.94. The first-order chi connectivity index (χ1) is 9.20. The summed E-state index contributed by atoms with van der Waals surface area (Å²) in [6.45, 7) is 1.93. The van der Waals surface area contributed by atoms with Crippen LogP contribution in [-0.2, 0) is 6.42 Å². The Hall–Kier alpha value is -1.06. The molecular weight excluding hydrogens is 236 g/mol. The quantitative estimate of drug-likeness (QED) is 0.886. The smallest absolute Gasteiger partial charge is 0.119 e. The summed E-state index contributed by atoms with van der Waals surface area (Å²) < 4.78 is 5.28. The first kappa shape index (κ1) is 14.4. The van der Waals surface area contributed by atoms with Crippen LogP contribution in [0.5, 0.6) is 5.75 Å². The van der Waals surface area contributed by atoms with Gasteiger partial charge >= 0.3 is 0 Å². The zero-order valence-corrected chi connectivity index (χ0v) is 12.2. The summed E-state index contributed by atoms with van der Waals surface area (Å²) in [5.74, 6) is 0.941. The molecule has 0 aromatic heterocycles. The summed E-state index contributed by atoms with van der Waals surface area (Å²) in [5, 5.41) is 0. The molecule has 0 bridgehead atoms. The first-order valence-corrected chi connectivity index (χ1v) is 7.24. The zero-order chi connectivity index (χ0) is 13.7. The fraction of sp³-hybridized carbons (Fsp3) is 0.625. The Bertz CT molecular complexity index is 407. The maximum Gasteiger partial charge on any atom is 0.119 e. The SMILES string of the molecule is COc1cccc(CCC2(CN)CCCCN2C)c1. The lowest BCUT2D eigenvalue weighted by molar-refractivity contribution is 0.0722. The minimum absolute atomic E-state index is 0.196. The Balaban J connectivity index is 2.02. The third-order valence-corrected chi connectivity index (χ3v) is 4.59. The van der Waals surface area contributed by atoms with Gasteiger partial charge in [0.2, 0.25) is 0 Å². The van der Waals surface area contributed by atoms with Crippen LogP contribution in [0.3, 0.4) is 0 Å². The van der Waals surface area contributed by atoms with Gasteiger partial charge in [-0.25, -0.2) is 0 Å². The number of hydrogen-bond acceptors (Lipinski definition) is 3. The fourth-order valence-corrected chi connectivity index (χ4v) is 3.11. The number of nitrogens with two attached hydrogens (primary N) is 1. The Kier molecular flexibility index (Phi) is 4.83. The summed E-state index contributed by atoms with van der Waals surface area (Å²) in [5.41, 5.74) is 7.62. The van der Waals surface area contributed by atoms with Gasteiger partial charge in [-0.15, -0.1) is 0 Å². The van der Waals surface area contributed by atoms with E-state index in [1.807, 2.05) is 6.07 Å². The van der Waals surface area contributed by atoms with E-state index in [-0.39, 0.29) is 5.54 Å². The highest BCUT2D eigenvalue weighted by molar-refractivity contribution is 5.28. The van der Waals surface area contributed by atoms with Crippen molar-refractivity contribution in [2.45, 2.75) is 37.6 Å². The second kappa shape index (κ2) is 6.40. The average Bonchev–Trinajstić information content (AvgIpc) is 2.47. The molecule has 1 saturated heterocycles. The van der Waals surface area contributed by atoms with Crippen molar-refractivity contribution >= 4 is 0 Å². The number of likely N-dealkylation sites (N-methyl/N-ethyl adjacent to an activating group) is 1. The molecule has 0 saturated carbocycles. The van der Waals surface area contributed by atoms with Crippen LogP contribution in [0.4, 0.5) is 0 Å². The molecule has 0 aliphatic carbocycles. The molecule has 0 spiro atoms. The second-order valence-electron chi connectivity index (χ2n) is 5.66. The van der Waals surface area contributed by atoms with Crippen LogP contribution in [-0.4, -0.2) is 37.7 Å². The highest BCUT2D eigenvalue weighted by Gasteiger charge is 2.34. The number of aryl methyl sites for hydroxylation is 1. The molecule has 1 atom stereocenters. The molecule has 3 nitrogen and oxygen atoms in total. The number of piperidine rings is 1. The lowest BCUT2D eigenvalue weighted by atomic mass is 9.82. The van der Waals surface area contributed by atoms with Gasteiger partial charge in [-0.05, 0) is 57.0 Å². The van der Waals surface area contributed by atoms with Crippen molar-refractivity contribution in [2.24, 2.45) is 5.73 Å². The Morgan fingerprint density at radius 1 is 1.37 bits per heavy atom. The van der Waals surface area contributed by atoms with Gasteiger partial charge in [0, 0.05) is 12.1 Å². The average molecular weight is 262 g/mol. The van der Waals surface area contributed by atoms with Gasteiger partial charge < -0.3 is 10.5 Å². The number of benzene rings is 1. The molecule has 1 fully saturated rings. The van der Waals surface area contributed by atoms with Crippen molar-refractivity contribution in [3.63, 3.8) is 0 Å². The van der Waals surface area contributed by atoms with E-state index in [0.29, 0.717) is 0 Å². The van der Waals surface area contributed by atoms with Gasteiger partial charge in [0.1, 0.15) is 5.75 Å². The second-order valence-corrected chi connectivity index (χ2v) is 5.66. The van der Waals surface area contributed by atoms with Crippen LogP contribution >= 0.6 is 0 Å². The first-order valence-electron chi connectivity index (χ1n) is 7.24. The van der Waals surface area contributed by atoms with E-state index in [9.17, 15) is 0 Å². The Labute approximate surface area is 116 Å². The van der Waals surface area contributed by atoms with Crippen LogP contribution in [0.25, 0.3) is 0 Å². The summed E-state index contributed by atoms with van der Waals surface area (Å²) >= 11 is 0. The van der Waals surface area contributed by atoms with Crippen LogP contribution in [0, 0.1) is 0 Å². The van der Waals surface area contributed by atoms with Crippen LogP contribution in [0.2, 0.25) is 0 Å². The van der Waals surface area contributed by atoms with E-state index >= 15 is 0 Å². The van der Waals surface area contributed by atoms with E-state index < -0.39 is 0 Å². The highest BCUT2D eigenvalue weighted by atomic mass is 16.5. The molecule has 0 amide bonds. The predicted molar refractivity (Wildman–Crippen MR) is 79.6 cm³/mol. The molecule has 1 aromatic carbocycles. The normalized spacial score (nSPS) is 24.4. The van der Waals surface area contributed by atoms with Gasteiger partial charge in [0.25, 0.3) is 0 Å². The lowest BCUT2D eigenvalue weighted by Gasteiger charge is -2.45. The molecule has 2 N–H and O–H groups in total. The van der Waals surface area contributed by atoms with E-state index in [4.69, 9.17) is 10.5 Å². The summed E-state index contributed by atoms with van der Waals surface area (Å²) in [6.07, 6.45) is 6.03. The molecule has 1 aliphatic rings. The van der Waals surface area contributed by atoms with Crippen molar-refractivity contribution < 1.29 is 4.74 Å². The lowest BCUT2D eigenvalue weighted by Crippen LogP contribution is -2.54. The Morgan fingerprint density at radius 2 is 2.21 bits per heavy atom. The van der Waals surface area contributed by atoms with Crippen molar-refractivity contribution in [1.82, 2.24) is 4.90 Å². The molecule has 1 aromatic rings. The highest BCUT2D eigenvalue weighted by Crippen LogP contribution is 2.30. The van der Waals surface area contributed by atoms with Gasteiger partial charge in [-0.1, -0.05) is 18.6 Å². The minimum Gasteiger partial charge on any atom is -0.497 e. The maximum atomic E-state index is 6.08. The molecule has 1 aliphatic heterocycles. The van der Waals surface area contributed by atoms with Crippen molar-refractivity contribution in [2.75, 3.05) is 27.2 Å². The molecule has 1 unspecified atom stereocenters. The maximum absolute atomic E-state index is 6.08. The standard InChI is InChI=1S/C16H26N2O/c1-18-11-4-3-9-16(18,13-17)10-8-14-6-5-7-15(12-14)19-2/h5-7,12H,3-4,8-11,13,17H2,1-2H3. The van der Waals surface area contributed by atoms with E-state index in [0.717, 1.165) is 25.1 Å². The molecule has 106 valence electrons. The molecule has 2 rings (SSSR count). The van der Waals surface area contributed by atoms with E-state index in [1.165, 1.54) is 31.4 Å². The number of nitrogens with zero attached hydrogens (tertiary/aromatic N) is 1. The summed E-state index contributed by atoms with van der Waals surface area (Å²) in [6, 6.07) is 8.37. The molecular formula is C16H26N2O.